The van der Waals surface area contributed by atoms with Gasteiger partial charge in [0.1, 0.15) is 0 Å². The topological polar surface area (TPSA) is 12.0 Å². The van der Waals surface area contributed by atoms with Crippen molar-refractivity contribution in [1.29, 1.82) is 0 Å². The largest absolute Gasteiger partial charge is 0.313 e. The van der Waals surface area contributed by atoms with Gasteiger partial charge < -0.3 is 5.32 Å². The summed E-state index contributed by atoms with van der Waals surface area (Å²) in [5, 5.41) is 7.42. The van der Waals surface area contributed by atoms with Crippen LogP contribution >= 0.6 is 11.3 Å². The van der Waals surface area contributed by atoms with Gasteiger partial charge in [-0.15, -0.1) is 11.3 Å². The third-order valence-corrected chi connectivity index (χ3v) is 5.89. The Morgan fingerprint density at radius 1 is 1.17 bits per heavy atom. The summed E-state index contributed by atoms with van der Waals surface area (Å²) in [4.78, 5) is 0. The highest BCUT2D eigenvalue weighted by atomic mass is 32.1. The Labute approximate surface area is 112 Å². The van der Waals surface area contributed by atoms with Crippen molar-refractivity contribution < 1.29 is 0 Å². The molecule has 0 radical (unpaired) electrons. The van der Waals surface area contributed by atoms with Crippen LogP contribution in [0.1, 0.15) is 30.9 Å². The molecule has 1 N–H and O–H groups in total. The zero-order chi connectivity index (χ0) is 12.1. The molecule has 2 aliphatic carbocycles. The maximum Gasteiger partial charge on any atom is 0.0360 e. The molecule has 0 spiro atoms. The molecule has 2 fully saturated rings. The molecule has 2 heteroatoms. The van der Waals surface area contributed by atoms with Gasteiger partial charge >= 0.3 is 0 Å². The lowest BCUT2D eigenvalue weighted by Gasteiger charge is -2.24. The number of hydrogen-bond donors (Lipinski definition) is 1. The molecule has 1 nitrogen and oxygen atoms in total. The van der Waals surface area contributed by atoms with E-state index in [2.05, 4.69) is 42.0 Å². The molecule has 0 aliphatic heterocycles. The Bertz CT molecular complexity index is 563. The fraction of sp³-hybridized carbons (Fsp3) is 0.500. The van der Waals surface area contributed by atoms with E-state index in [-0.39, 0.29) is 0 Å². The van der Waals surface area contributed by atoms with Gasteiger partial charge in [-0.1, -0.05) is 18.2 Å². The van der Waals surface area contributed by atoms with E-state index in [0.717, 1.165) is 17.8 Å². The van der Waals surface area contributed by atoms with E-state index < -0.39 is 0 Å². The normalized spacial score (nSPS) is 31.5. The number of nitrogens with one attached hydrogen (secondary N) is 1. The summed E-state index contributed by atoms with van der Waals surface area (Å²) in [6.07, 6.45) is 4.40. The quantitative estimate of drug-likeness (QED) is 0.868. The lowest BCUT2D eigenvalue weighted by molar-refractivity contribution is 0.362. The van der Waals surface area contributed by atoms with Crippen molar-refractivity contribution in [3.63, 3.8) is 0 Å². The van der Waals surface area contributed by atoms with Crippen molar-refractivity contribution in [1.82, 2.24) is 5.32 Å². The number of benzene rings is 1. The van der Waals surface area contributed by atoms with Crippen LogP contribution in [0.2, 0.25) is 0 Å². The summed E-state index contributed by atoms with van der Waals surface area (Å²) in [5.41, 5.74) is 1.53. The number of fused-ring (bicyclic) bond motifs is 2. The van der Waals surface area contributed by atoms with E-state index in [1.165, 1.54) is 34.9 Å². The second-order valence-electron chi connectivity index (χ2n) is 5.94. The van der Waals surface area contributed by atoms with Gasteiger partial charge in [0.05, 0.1) is 0 Å². The molecule has 0 bridgehead atoms. The van der Waals surface area contributed by atoms with E-state index in [1.54, 1.807) is 0 Å². The Hall–Kier alpha value is -0.860. The molecular weight excluding hydrogens is 238 g/mol. The smallest absolute Gasteiger partial charge is 0.0360 e. The van der Waals surface area contributed by atoms with E-state index in [4.69, 9.17) is 0 Å². The van der Waals surface area contributed by atoms with Crippen molar-refractivity contribution in [2.75, 3.05) is 7.05 Å². The molecule has 1 heterocycles. The van der Waals surface area contributed by atoms with Crippen LogP contribution < -0.4 is 5.32 Å². The minimum Gasteiger partial charge on any atom is -0.313 e. The third-order valence-electron chi connectivity index (χ3n) is 4.91. The van der Waals surface area contributed by atoms with Crippen molar-refractivity contribution in [3.05, 3.63) is 35.2 Å². The van der Waals surface area contributed by atoms with E-state index in [0.29, 0.717) is 6.04 Å². The summed E-state index contributed by atoms with van der Waals surface area (Å²) >= 11 is 1.89. The number of hydrogen-bond acceptors (Lipinski definition) is 2. The molecule has 0 amide bonds. The van der Waals surface area contributed by atoms with Gasteiger partial charge in [-0.2, -0.15) is 0 Å². The van der Waals surface area contributed by atoms with Crippen LogP contribution in [0.25, 0.3) is 10.1 Å². The summed E-state index contributed by atoms with van der Waals surface area (Å²) in [6.45, 7) is 0. The number of thiophene rings is 1. The van der Waals surface area contributed by atoms with Crippen molar-refractivity contribution in [2.45, 2.75) is 25.3 Å². The third kappa shape index (κ3) is 1.63. The van der Waals surface area contributed by atoms with Gasteiger partial charge in [0.15, 0.2) is 0 Å². The SMILES string of the molecule is CNC(c1csc2ccccc12)C1CC2CC2C1. The average molecular weight is 257 g/mol. The van der Waals surface area contributed by atoms with Gasteiger partial charge in [0.25, 0.3) is 0 Å². The minimum atomic E-state index is 0.564. The Morgan fingerprint density at radius 2 is 1.94 bits per heavy atom. The van der Waals surface area contributed by atoms with Crippen LogP contribution in [0.5, 0.6) is 0 Å². The first-order valence-corrected chi connectivity index (χ1v) is 7.88. The van der Waals surface area contributed by atoms with Crippen LogP contribution in [0.4, 0.5) is 0 Å². The molecule has 94 valence electrons. The molecule has 1 aromatic carbocycles. The first-order chi connectivity index (χ1) is 8.86. The standard InChI is InChI=1S/C16H19NS/c1-17-16(12-7-10-6-11(10)8-12)14-9-18-15-5-3-2-4-13(14)15/h2-5,9-12,16-17H,6-8H2,1H3. The zero-order valence-corrected chi connectivity index (χ0v) is 11.5. The molecule has 0 saturated heterocycles. The second-order valence-corrected chi connectivity index (χ2v) is 6.85. The maximum atomic E-state index is 3.59. The highest BCUT2D eigenvalue weighted by Gasteiger charge is 2.48. The average Bonchev–Trinajstić information content (AvgIpc) is 2.85. The lowest BCUT2D eigenvalue weighted by atomic mass is 9.89. The Balaban J connectivity index is 1.70. The zero-order valence-electron chi connectivity index (χ0n) is 10.7. The summed E-state index contributed by atoms with van der Waals surface area (Å²) < 4.78 is 1.43. The van der Waals surface area contributed by atoms with Crippen LogP contribution in [-0.2, 0) is 0 Å². The molecule has 4 rings (SSSR count). The van der Waals surface area contributed by atoms with Crippen LogP contribution in [-0.4, -0.2) is 7.05 Å². The fourth-order valence-corrected chi connectivity index (χ4v) is 4.92. The fourth-order valence-electron chi connectivity index (χ4n) is 3.92. The van der Waals surface area contributed by atoms with Crippen molar-refractivity contribution in [3.8, 4) is 0 Å². The molecule has 2 aliphatic rings. The van der Waals surface area contributed by atoms with E-state index >= 15 is 0 Å². The van der Waals surface area contributed by atoms with Crippen LogP contribution in [0.3, 0.4) is 0 Å². The molecule has 3 atom stereocenters. The van der Waals surface area contributed by atoms with Crippen molar-refractivity contribution in [2.24, 2.45) is 17.8 Å². The number of rotatable bonds is 3. The van der Waals surface area contributed by atoms with Crippen LogP contribution in [0.15, 0.2) is 29.6 Å². The molecule has 3 unspecified atom stereocenters. The van der Waals surface area contributed by atoms with Gasteiger partial charge in [-0.3, -0.25) is 0 Å². The monoisotopic (exact) mass is 257 g/mol. The van der Waals surface area contributed by atoms with Gasteiger partial charge in [0.2, 0.25) is 0 Å². The first-order valence-electron chi connectivity index (χ1n) is 7.00. The predicted octanol–water partition coefficient (Wildman–Crippen LogP) is 4.21. The van der Waals surface area contributed by atoms with E-state index in [1.807, 2.05) is 11.3 Å². The summed E-state index contributed by atoms with van der Waals surface area (Å²) in [6, 6.07) is 9.39. The molecule has 18 heavy (non-hydrogen) atoms. The maximum absolute atomic E-state index is 3.59. The highest BCUT2D eigenvalue weighted by molar-refractivity contribution is 7.17. The van der Waals surface area contributed by atoms with Gasteiger partial charge in [0, 0.05) is 10.7 Å². The molecular formula is C16H19NS. The van der Waals surface area contributed by atoms with Crippen LogP contribution in [0, 0.1) is 17.8 Å². The Morgan fingerprint density at radius 3 is 2.72 bits per heavy atom. The van der Waals surface area contributed by atoms with E-state index in [9.17, 15) is 0 Å². The molecule has 1 aromatic heterocycles. The molecule has 2 saturated carbocycles. The summed E-state index contributed by atoms with van der Waals surface area (Å²) in [7, 11) is 2.13. The van der Waals surface area contributed by atoms with Crippen molar-refractivity contribution >= 4 is 21.4 Å². The minimum absolute atomic E-state index is 0.564. The lowest BCUT2D eigenvalue weighted by Crippen LogP contribution is -2.24. The highest BCUT2D eigenvalue weighted by Crippen LogP contribution is 2.57. The Kier molecular flexibility index (Phi) is 2.49. The van der Waals surface area contributed by atoms with Gasteiger partial charge in [-0.05, 0) is 66.5 Å². The first kappa shape index (κ1) is 11.0. The predicted molar refractivity (Wildman–Crippen MR) is 77.9 cm³/mol. The molecule has 2 aromatic rings. The second kappa shape index (κ2) is 4.07. The van der Waals surface area contributed by atoms with Gasteiger partial charge in [-0.25, -0.2) is 0 Å². The summed E-state index contributed by atoms with van der Waals surface area (Å²) in [5.74, 6) is 2.99.